The first kappa shape index (κ1) is 15.8. The van der Waals surface area contributed by atoms with Crippen LogP contribution in [0.2, 0.25) is 5.02 Å². The smallest absolute Gasteiger partial charge is 0.243 e. The van der Waals surface area contributed by atoms with Crippen molar-refractivity contribution in [1.29, 1.82) is 0 Å². The summed E-state index contributed by atoms with van der Waals surface area (Å²) in [6.07, 6.45) is 1.72. The summed E-state index contributed by atoms with van der Waals surface area (Å²) in [6, 6.07) is 6.63. The Morgan fingerprint density at radius 1 is 1.25 bits per heavy atom. The third-order valence-electron chi connectivity index (χ3n) is 3.83. The maximum absolute atomic E-state index is 12.8. The zero-order valence-corrected chi connectivity index (χ0v) is 13.4. The van der Waals surface area contributed by atoms with Gasteiger partial charge < -0.3 is 5.32 Å². The number of nitrogens with zero attached hydrogens (tertiary/aromatic N) is 1. The Morgan fingerprint density at radius 3 is 2.45 bits per heavy atom. The molecule has 1 heterocycles. The highest BCUT2D eigenvalue weighted by Crippen LogP contribution is 2.24. The van der Waals surface area contributed by atoms with Crippen LogP contribution in [0.1, 0.15) is 26.7 Å². The maximum Gasteiger partial charge on any atom is 0.243 e. The fraction of sp³-hybridized carbons (Fsp3) is 0.571. The number of benzene rings is 1. The highest BCUT2D eigenvalue weighted by atomic mass is 35.5. The molecule has 0 bridgehead atoms. The molecule has 1 aromatic carbocycles. The lowest BCUT2D eigenvalue weighted by atomic mass is 10.1. The summed E-state index contributed by atoms with van der Waals surface area (Å²) >= 11 is 5.83. The standard InChI is InChI=1S/C14H21ClN2O2S/c1-3-12-10-17(13(4-2)9-16-12)20(18,19)14-7-5-11(15)6-8-14/h5-8,12-13,16H,3-4,9-10H2,1-2H3. The van der Waals surface area contributed by atoms with E-state index in [0.717, 1.165) is 12.8 Å². The van der Waals surface area contributed by atoms with Gasteiger partial charge in [0.05, 0.1) is 4.90 Å². The molecule has 1 aliphatic heterocycles. The van der Waals surface area contributed by atoms with Crippen LogP contribution in [0.25, 0.3) is 0 Å². The Morgan fingerprint density at radius 2 is 1.90 bits per heavy atom. The van der Waals surface area contributed by atoms with E-state index in [2.05, 4.69) is 12.2 Å². The molecule has 0 aliphatic carbocycles. The lowest BCUT2D eigenvalue weighted by molar-refractivity contribution is 0.215. The average molecular weight is 317 g/mol. The summed E-state index contributed by atoms with van der Waals surface area (Å²) in [4.78, 5) is 0.317. The van der Waals surface area contributed by atoms with E-state index < -0.39 is 10.0 Å². The predicted molar refractivity (Wildman–Crippen MR) is 81.5 cm³/mol. The lowest BCUT2D eigenvalue weighted by Crippen LogP contribution is -2.57. The van der Waals surface area contributed by atoms with Crippen molar-refractivity contribution in [3.8, 4) is 0 Å². The number of halogens is 1. The molecule has 20 heavy (non-hydrogen) atoms. The minimum Gasteiger partial charge on any atom is -0.311 e. The van der Waals surface area contributed by atoms with Crippen molar-refractivity contribution in [3.63, 3.8) is 0 Å². The highest BCUT2D eigenvalue weighted by Gasteiger charge is 2.35. The molecule has 1 aromatic rings. The van der Waals surface area contributed by atoms with Gasteiger partial charge in [-0.15, -0.1) is 0 Å². The van der Waals surface area contributed by atoms with Crippen LogP contribution in [0.3, 0.4) is 0 Å². The molecule has 2 unspecified atom stereocenters. The molecule has 0 radical (unpaired) electrons. The van der Waals surface area contributed by atoms with E-state index >= 15 is 0 Å². The second kappa shape index (κ2) is 6.43. The summed E-state index contributed by atoms with van der Waals surface area (Å²) in [5, 5.41) is 3.95. The molecule has 2 rings (SSSR count). The second-order valence-corrected chi connectivity index (χ2v) is 7.43. The van der Waals surface area contributed by atoms with E-state index in [0.29, 0.717) is 23.0 Å². The normalized spacial score (nSPS) is 24.8. The van der Waals surface area contributed by atoms with Gasteiger partial charge in [0.15, 0.2) is 0 Å². The number of piperazine rings is 1. The molecular formula is C14H21ClN2O2S. The minimum atomic E-state index is -3.45. The fourth-order valence-electron chi connectivity index (χ4n) is 2.49. The molecule has 1 aliphatic rings. The van der Waals surface area contributed by atoms with E-state index in [4.69, 9.17) is 11.6 Å². The van der Waals surface area contributed by atoms with Gasteiger partial charge in [-0.3, -0.25) is 0 Å². The molecule has 4 nitrogen and oxygen atoms in total. The van der Waals surface area contributed by atoms with Crippen molar-refractivity contribution in [2.24, 2.45) is 0 Å². The molecule has 1 saturated heterocycles. The molecule has 2 atom stereocenters. The van der Waals surface area contributed by atoms with Crippen LogP contribution in [-0.4, -0.2) is 37.9 Å². The average Bonchev–Trinajstić information content (AvgIpc) is 2.47. The third kappa shape index (κ3) is 3.17. The van der Waals surface area contributed by atoms with E-state index in [9.17, 15) is 8.42 Å². The quantitative estimate of drug-likeness (QED) is 0.928. The Labute approximate surface area is 126 Å². The van der Waals surface area contributed by atoms with Crippen molar-refractivity contribution >= 4 is 21.6 Å². The van der Waals surface area contributed by atoms with Gasteiger partial charge in [0.25, 0.3) is 0 Å². The number of hydrogen-bond donors (Lipinski definition) is 1. The van der Waals surface area contributed by atoms with Crippen LogP contribution >= 0.6 is 11.6 Å². The summed E-state index contributed by atoms with van der Waals surface area (Å²) < 4.78 is 27.2. The SMILES string of the molecule is CCC1CN(S(=O)(=O)c2ccc(Cl)cc2)C(CC)CN1. The first-order valence-corrected chi connectivity index (χ1v) is 8.81. The lowest BCUT2D eigenvalue weighted by Gasteiger charge is -2.38. The van der Waals surface area contributed by atoms with E-state index in [-0.39, 0.29) is 12.1 Å². The van der Waals surface area contributed by atoms with Gasteiger partial charge in [0.2, 0.25) is 10.0 Å². The second-order valence-electron chi connectivity index (χ2n) is 5.10. The van der Waals surface area contributed by atoms with Gasteiger partial charge in [0, 0.05) is 30.2 Å². The third-order valence-corrected chi connectivity index (χ3v) is 6.02. The summed E-state index contributed by atoms with van der Waals surface area (Å²) in [7, 11) is -3.45. The van der Waals surface area contributed by atoms with Crippen LogP contribution in [0.5, 0.6) is 0 Å². The van der Waals surface area contributed by atoms with Crippen LogP contribution in [0.4, 0.5) is 0 Å². The maximum atomic E-state index is 12.8. The molecule has 0 aromatic heterocycles. The minimum absolute atomic E-state index is 0.0125. The van der Waals surface area contributed by atoms with Crippen molar-refractivity contribution in [1.82, 2.24) is 9.62 Å². The molecule has 0 amide bonds. The molecule has 0 spiro atoms. The van der Waals surface area contributed by atoms with Crippen LogP contribution in [0.15, 0.2) is 29.2 Å². The summed E-state index contributed by atoms with van der Waals surface area (Å²) in [6.45, 7) is 5.32. The van der Waals surface area contributed by atoms with Crippen LogP contribution < -0.4 is 5.32 Å². The molecule has 6 heteroatoms. The largest absolute Gasteiger partial charge is 0.311 e. The van der Waals surface area contributed by atoms with Gasteiger partial charge in [-0.2, -0.15) is 4.31 Å². The van der Waals surface area contributed by atoms with Gasteiger partial charge in [-0.05, 0) is 37.1 Å². The Kier molecular flexibility index (Phi) is 5.07. The van der Waals surface area contributed by atoms with E-state index in [1.165, 1.54) is 0 Å². The molecule has 1 N–H and O–H groups in total. The molecular weight excluding hydrogens is 296 g/mol. The van der Waals surface area contributed by atoms with Crippen LogP contribution in [0, 0.1) is 0 Å². The molecule has 0 saturated carbocycles. The fourth-order valence-corrected chi connectivity index (χ4v) is 4.36. The van der Waals surface area contributed by atoms with Crippen molar-refractivity contribution < 1.29 is 8.42 Å². The zero-order chi connectivity index (χ0) is 14.8. The monoisotopic (exact) mass is 316 g/mol. The van der Waals surface area contributed by atoms with Crippen molar-refractivity contribution in [3.05, 3.63) is 29.3 Å². The first-order chi connectivity index (χ1) is 9.48. The van der Waals surface area contributed by atoms with E-state index in [1.807, 2.05) is 6.92 Å². The number of nitrogens with one attached hydrogen (secondary N) is 1. The van der Waals surface area contributed by atoms with Crippen molar-refractivity contribution in [2.45, 2.75) is 43.7 Å². The molecule has 112 valence electrons. The van der Waals surface area contributed by atoms with Gasteiger partial charge in [0.1, 0.15) is 0 Å². The van der Waals surface area contributed by atoms with Gasteiger partial charge >= 0.3 is 0 Å². The van der Waals surface area contributed by atoms with E-state index in [1.54, 1.807) is 28.6 Å². The highest BCUT2D eigenvalue weighted by molar-refractivity contribution is 7.89. The molecule has 1 fully saturated rings. The first-order valence-electron chi connectivity index (χ1n) is 6.99. The topological polar surface area (TPSA) is 49.4 Å². The summed E-state index contributed by atoms with van der Waals surface area (Å²) in [5.74, 6) is 0. The number of hydrogen-bond acceptors (Lipinski definition) is 3. The summed E-state index contributed by atoms with van der Waals surface area (Å²) in [5.41, 5.74) is 0. The van der Waals surface area contributed by atoms with Crippen molar-refractivity contribution in [2.75, 3.05) is 13.1 Å². The zero-order valence-electron chi connectivity index (χ0n) is 11.8. The Balaban J connectivity index is 2.32. The predicted octanol–water partition coefficient (Wildman–Crippen LogP) is 2.49. The Bertz CT molecular complexity index is 545. The number of sulfonamides is 1. The van der Waals surface area contributed by atoms with Crippen LogP contribution in [-0.2, 0) is 10.0 Å². The Hall–Kier alpha value is -0.620. The number of rotatable bonds is 4. The van der Waals surface area contributed by atoms with Gasteiger partial charge in [-0.25, -0.2) is 8.42 Å². The van der Waals surface area contributed by atoms with Gasteiger partial charge in [-0.1, -0.05) is 25.4 Å².